The van der Waals surface area contributed by atoms with Crippen molar-refractivity contribution in [3.8, 4) is 0 Å². The van der Waals surface area contributed by atoms with Gasteiger partial charge in [0.15, 0.2) is 8.32 Å². The predicted molar refractivity (Wildman–Crippen MR) is 72.6 cm³/mol. The first-order valence-corrected chi connectivity index (χ1v) is 9.43. The minimum absolute atomic E-state index is 0.0633. The lowest BCUT2D eigenvalue weighted by molar-refractivity contribution is -0.175. The van der Waals surface area contributed by atoms with Crippen molar-refractivity contribution < 1.29 is 13.9 Å². The zero-order chi connectivity index (χ0) is 13.2. The molecule has 0 saturated carbocycles. The highest BCUT2D eigenvalue weighted by atomic mass is 28.4. The molecule has 1 fully saturated rings. The van der Waals surface area contributed by atoms with Gasteiger partial charge >= 0.3 is 0 Å². The molecule has 1 aliphatic rings. The van der Waals surface area contributed by atoms with E-state index in [1.165, 1.54) is 0 Å². The molecular formula is C13H28O3Si. The first-order chi connectivity index (χ1) is 7.72. The average molecular weight is 260 g/mol. The lowest BCUT2D eigenvalue weighted by Gasteiger charge is -2.42. The van der Waals surface area contributed by atoms with Crippen LogP contribution in [-0.2, 0) is 13.9 Å². The molecule has 0 unspecified atom stereocenters. The Hall–Kier alpha value is 0.0969. The van der Waals surface area contributed by atoms with E-state index < -0.39 is 8.32 Å². The minimum atomic E-state index is -1.66. The summed E-state index contributed by atoms with van der Waals surface area (Å²) in [6.45, 7) is 16.3. The Morgan fingerprint density at radius 2 is 1.71 bits per heavy atom. The van der Waals surface area contributed by atoms with Gasteiger partial charge in [0, 0.05) is 12.0 Å². The van der Waals surface area contributed by atoms with Gasteiger partial charge in [-0.15, -0.1) is 0 Å². The molecule has 17 heavy (non-hydrogen) atoms. The maximum atomic E-state index is 6.31. The van der Waals surface area contributed by atoms with Crippen LogP contribution in [-0.4, -0.2) is 34.9 Å². The largest absolute Gasteiger partial charge is 0.416 e. The minimum Gasteiger partial charge on any atom is -0.416 e. The van der Waals surface area contributed by atoms with E-state index in [-0.39, 0.29) is 10.5 Å². The molecule has 3 nitrogen and oxygen atoms in total. The normalized spacial score (nSPS) is 21.5. The van der Waals surface area contributed by atoms with E-state index in [9.17, 15) is 0 Å². The van der Waals surface area contributed by atoms with Crippen LogP contribution in [0.2, 0.25) is 18.1 Å². The summed E-state index contributed by atoms with van der Waals surface area (Å²) >= 11 is 0. The molecule has 1 heterocycles. The van der Waals surface area contributed by atoms with Crippen LogP contribution in [0.4, 0.5) is 0 Å². The zero-order valence-corrected chi connectivity index (χ0v) is 13.3. The fourth-order valence-corrected chi connectivity index (χ4v) is 2.66. The fourth-order valence-electron chi connectivity index (χ4n) is 1.56. The van der Waals surface area contributed by atoms with Gasteiger partial charge in [-0.1, -0.05) is 27.7 Å². The Morgan fingerprint density at radius 3 is 2.12 bits per heavy atom. The third kappa shape index (κ3) is 3.78. The van der Waals surface area contributed by atoms with Gasteiger partial charge in [0.05, 0.1) is 13.2 Å². The second kappa shape index (κ2) is 5.39. The van der Waals surface area contributed by atoms with E-state index >= 15 is 0 Å². The van der Waals surface area contributed by atoms with Crippen LogP contribution in [0.3, 0.4) is 0 Å². The van der Waals surface area contributed by atoms with Crippen molar-refractivity contribution in [2.24, 2.45) is 5.41 Å². The first-order valence-electron chi connectivity index (χ1n) is 6.52. The molecule has 4 heteroatoms. The molecule has 1 rings (SSSR count). The average Bonchev–Trinajstić information content (AvgIpc) is 2.26. The molecule has 1 saturated heterocycles. The topological polar surface area (TPSA) is 27.7 Å². The van der Waals surface area contributed by atoms with Crippen LogP contribution in [0.1, 0.15) is 34.1 Å². The Bertz CT molecular complexity index is 240. The van der Waals surface area contributed by atoms with Gasteiger partial charge in [0.2, 0.25) is 0 Å². The van der Waals surface area contributed by atoms with Crippen molar-refractivity contribution in [2.45, 2.75) is 52.2 Å². The second-order valence-electron chi connectivity index (χ2n) is 6.72. The molecule has 0 amide bonds. The summed E-state index contributed by atoms with van der Waals surface area (Å²) < 4.78 is 17.2. The van der Waals surface area contributed by atoms with E-state index in [2.05, 4.69) is 40.8 Å². The summed E-state index contributed by atoms with van der Waals surface area (Å²) in [7, 11) is -1.66. The summed E-state index contributed by atoms with van der Waals surface area (Å²) in [4.78, 5) is 0. The molecule has 0 spiro atoms. The molecule has 0 aromatic rings. The van der Waals surface area contributed by atoms with Crippen molar-refractivity contribution in [3.63, 3.8) is 0 Å². The van der Waals surface area contributed by atoms with E-state index in [1.807, 2.05) is 0 Å². The van der Waals surface area contributed by atoms with Crippen LogP contribution < -0.4 is 0 Å². The molecule has 0 bridgehead atoms. The van der Waals surface area contributed by atoms with Crippen molar-refractivity contribution in [3.05, 3.63) is 0 Å². The van der Waals surface area contributed by atoms with Crippen LogP contribution in [0.15, 0.2) is 0 Å². The van der Waals surface area contributed by atoms with Crippen molar-refractivity contribution in [1.82, 2.24) is 0 Å². The lowest BCUT2D eigenvalue weighted by atomic mass is 9.88. The van der Waals surface area contributed by atoms with Crippen LogP contribution in [0.25, 0.3) is 0 Å². The van der Waals surface area contributed by atoms with Gasteiger partial charge < -0.3 is 13.9 Å². The maximum Gasteiger partial charge on any atom is 0.192 e. The molecule has 0 aliphatic carbocycles. The van der Waals surface area contributed by atoms with Crippen LogP contribution in [0.5, 0.6) is 0 Å². The van der Waals surface area contributed by atoms with Crippen LogP contribution in [0, 0.1) is 5.41 Å². The van der Waals surface area contributed by atoms with Gasteiger partial charge in [-0.05, 0) is 24.6 Å². The molecule has 102 valence electrons. The summed E-state index contributed by atoms with van der Waals surface area (Å²) in [6, 6.07) is 0. The Morgan fingerprint density at radius 1 is 1.18 bits per heavy atom. The highest BCUT2D eigenvalue weighted by molar-refractivity contribution is 6.74. The summed E-state index contributed by atoms with van der Waals surface area (Å²) in [5.74, 6) is 0. The number of hydrogen-bond donors (Lipinski definition) is 0. The summed E-state index contributed by atoms with van der Waals surface area (Å²) in [6.07, 6.45) is 1.04. The number of ether oxygens (including phenoxy) is 2. The Balaban J connectivity index is 2.58. The quantitative estimate of drug-likeness (QED) is 0.725. The maximum absolute atomic E-state index is 6.31. The van der Waals surface area contributed by atoms with E-state index in [1.54, 1.807) is 0 Å². The Kier molecular flexibility index (Phi) is 4.80. The number of hydrogen-bond acceptors (Lipinski definition) is 3. The monoisotopic (exact) mass is 260 g/mol. The summed E-state index contributed by atoms with van der Waals surface area (Å²) in [5.41, 5.74) is 0.0633. The van der Waals surface area contributed by atoms with E-state index in [4.69, 9.17) is 13.9 Å². The van der Waals surface area contributed by atoms with Crippen molar-refractivity contribution in [1.29, 1.82) is 0 Å². The van der Waals surface area contributed by atoms with E-state index in [0.717, 1.165) is 26.2 Å². The Labute approximate surface area is 107 Å². The molecule has 0 atom stereocenters. The van der Waals surface area contributed by atoms with Gasteiger partial charge in [-0.3, -0.25) is 0 Å². The smallest absolute Gasteiger partial charge is 0.192 e. The molecular weight excluding hydrogens is 232 g/mol. The van der Waals surface area contributed by atoms with Crippen LogP contribution >= 0.6 is 0 Å². The molecule has 1 aliphatic heterocycles. The van der Waals surface area contributed by atoms with Crippen molar-refractivity contribution in [2.75, 3.05) is 26.6 Å². The van der Waals surface area contributed by atoms with E-state index in [0.29, 0.717) is 6.79 Å². The van der Waals surface area contributed by atoms with Gasteiger partial charge in [-0.25, -0.2) is 0 Å². The van der Waals surface area contributed by atoms with Gasteiger partial charge in [0.25, 0.3) is 0 Å². The lowest BCUT2D eigenvalue weighted by Crippen LogP contribution is -2.47. The van der Waals surface area contributed by atoms with Gasteiger partial charge in [-0.2, -0.15) is 0 Å². The SMILES string of the molecule is CCC1(CO[Si](C)(C)C(C)(C)C)COCOC1. The fraction of sp³-hybridized carbons (Fsp3) is 1.00. The third-order valence-corrected chi connectivity index (χ3v) is 8.76. The highest BCUT2D eigenvalue weighted by Crippen LogP contribution is 2.38. The highest BCUT2D eigenvalue weighted by Gasteiger charge is 2.41. The molecule has 0 aromatic heterocycles. The third-order valence-electron chi connectivity index (χ3n) is 4.28. The second-order valence-corrected chi connectivity index (χ2v) is 11.5. The van der Waals surface area contributed by atoms with Gasteiger partial charge in [0.1, 0.15) is 6.79 Å². The molecule has 0 N–H and O–H groups in total. The molecule has 0 radical (unpaired) electrons. The molecule has 0 aromatic carbocycles. The zero-order valence-electron chi connectivity index (χ0n) is 12.3. The summed E-state index contributed by atoms with van der Waals surface area (Å²) in [5, 5.41) is 0.262. The number of rotatable bonds is 4. The van der Waals surface area contributed by atoms with Crippen molar-refractivity contribution >= 4 is 8.32 Å². The standard InChI is InChI=1S/C13H28O3Si/c1-7-13(8-14-11-15-9-13)10-16-17(5,6)12(2,3)4/h7-11H2,1-6H3. The first kappa shape index (κ1) is 15.2. The predicted octanol–water partition coefficient (Wildman–Crippen LogP) is 3.41.